The molecule has 112 valence electrons. The summed E-state index contributed by atoms with van der Waals surface area (Å²) < 4.78 is 5.53. The molecule has 3 aromatic rings. The maximum Gasteiger partial charge on any atom is 0.257 e. The summed E-state index contributed by atoms with van der Waals surface area (Å²) >= 11 is 7.40. The number of benzene rings is 1. The second-order valence-electron chi connectivity index (χ2n) is 4.54. The number of carbonyl (C=O) groups excluding carboxylic acids is 1. The summed E-state index contributed by atoms with van der Waals surface area (Å²) in [6.07, 6.45) is 0.656. The average molecular weight is 334 g/mol. The van der Waals surface area contributed by atoms with Gasteiger partial charge in [0.15, 0.2) is 0 Å². The molecule has 0 aliphatic rings. The van der Waals surface area contributed by atoms with Crippen molar-refractivity contribution in [1.82, 2.24) is 10.2 Å². The van der Waals surface area contributed by atoms with E-state index in [0.29, 0.717) is 28.9 Å². The summed E-state index contributed by atoms with van der Waals surface area (Å²) in [5, 5.41) is 13.2. The van der Waals surface area contributed by atoms with Gasteiger partial charge >= 0.3 is 0 Å². The molecule has 0 aliphatic carbocycles. The van der Waals surface area contributed by atoms with Gasteiger partial charge < -0.3 is 9.73 Å². The molecule has 0 radical (unpaired) electrons. The molecular formula is C15H12ClN3O2S. The molecule has 2 heterocycles. The molecule has 1 amide bonds. The number of aromatic nitrogens is 2. The maximum absolute atomic E-state index is 11.9. The monoisotopic (exact) mass is 333 g/mol. The number of halogens is 1. The number of hydrogen-bond acceptors (Lipinski definition) is 5. The minimum Gasteiger partial charge on any atom is -0.420 e. The fourth-order valence-corrected chi connectivity index (χ4v) is 2.70. The van der Waals surface area contributed by atoms with Gasteiger partial charge in [0.05, 0.1) is 4.88 Å². The number of nitrogens with zero attached hydrogens (tertiary/aromatic N) is 2. The van der Waals surface area contributed by atoms with Gasteiger partial charge in [-0.05, 0) is 29.6 Å². The molecule has 0 atom stereocenters. The molecule has 0 spiro atoms. The van der Waals surface area contributed by atoms with Crippen LogP contribution in [0, 0.1) is 0 Å². The van der Waals surface area contributed by atoms with Crippen LogP contribution < -0.4 is 5.32 Å². The lowest BCUT2D eigenvalue weighted by molar-refractivity contribution is -0.116. The Bertz CT molecular complexity index is 771. The molecule has 1 N–H and O–H groups in total. The lowest BCUT2D eigenvalue weighted by atomic mass is 10.2. The second-order valence-corrected chi connectivity index (χ2v) is 5.92. The van der Waals surface area contributed by atoms with E-state index in [1.165, 1.54) is 11.3 Å². The van der Waals surface area contributed by atoms with Gasteiger partial charge in [0.2, 0.25) is 11.8 Å². The van der Waals surface area contributed by atoms with Crippen molar-refractivity contribution in [2.75, 3.05) is 5.32 Å². The zero-order chi connectivity index (χ0) is 15.4. The Morgan fingerprint density at radius 2 is 2.18 bits per heavy atom. The van der Waals surface area contributed by atoms with Gasteiger partial charge in [0.25, 0.3) is 5.89 Å². The van der Waals surface area contributed by atoms with Crippen molar-refractivity contribution in [3.63, 3.8) is 0 Å². The Kier molecular flexibility index (Phi) is 4.50. The third-order valence-electron chi connectivity index (χ3n) is 2.87. The number of nitrogens with one attached hydrogen (secondary N) is 1. The van der Waals surface area contributed by atoms with Crippen LogP contribution in [-0.2, 0) is 11.2 Å². The zero-order valence-corrected chi connectivity index (χ0v) is 13.0. The van der Waals surface area contributed by atoms with Gasteiger partial charge in [-0.3, -0.25) is 4.79 Å². The average Bonchev–Trinajstić information content (AvgIpc) is 3.16. The van der Waals surface area contributed by atoms with Crippen molar-refractivity contribution in [2.24, 2.45) is 0 Å². The number of aryl methyl sites for hydroxylation is 1. The first-order valence-corrected chi connectivity index (χ1v) is 7.88. The third kappa shape index (κ3) is 3.72. The Balaban J connectivity index is 1.55. The maximum atomic E-state index is 11.9. The van der Waals surface area contributed by atoms with E-state index >= 15 is 0 Å². The smallest absolute Gasteiger partial charge is 0.257 e. The third-order valence-corrected chi connectivity index (χ3v) is 3.97. The minimum absolute atomic E-state index is 0.127. The van der Waals surface area contributed by atoms with Crippen molar-refractivity contribution in [2.45, 2.75) is 12.8 Å². The van der Waals surface area contributed by atoms with E-state index in [9.17, 15) is 4.79 Å². The van der Waals surface area contributed by atoms with Gasteiger partial charge in [0.1, 0.15) is 0 Å². The van der Waals surface area contributed by atoms with Crippen LogP contribution in [0.1, 0.15) is 12.3 Å². The number of carbonyl (C=O) groups is 1. The molecule has 7 heteroatoms. The molecule has 0 bridgehead atoms. The molecule has 5 nitrogen and oxygen atoms in total. The standard InChI is InChI=1S/C15H12ClN3O2S/c16-10-3-1-4-11(9-10)17-13(20)6-7-14-18-19-15(21-14)12-5-2-8-22-12/h1-5,8-9H,6-7H2,(H,17,20). The highest BCUT2D eigenvalue weighted by Gasteiger charge is 2.11. The van der Waals surface area contributed by atoms with E-state index in [0.717, 1.165) is 4.88 Å². The van der Waals surface area contributed by atoms with Crippen molar-refractivity contribution in [3.05, 3.63) is 52.7 Å². The van der Waals surface area contributed by atoms with Gasteiger partial charge in [-0.1, -0.05) is 23.7 Å². The second kappa shape index (κ2) is 6.72. The number of anilines is 1. The van der Waals surface area contributed by atoms with Crippen LogP contribution in [0.15, 0.2) is 46.2 Å². The van der Waals surface area contributed by atoms with Gasteiger partial charge in [-0.25, -0.2) is 0 Å². The molecule has 0 saturated carbocycles. The first kappa shape index (κ1) is 14.7. The molecule has 0 fully saturated rings. The Morgan fingerprint density at radius 1 is 1.27 bits per heavy atom. The first-order chi connectivity index (χ1) is 10.7. The van der Waals surface area contributed by atoms with Crippen LogP contribution in [0.25, 0.3) is 10.8 Å². The van der Waals surface area contributed by atoms with Gasteiger partial charge in [-0.2, -0.15) is 0 Å². The molecule has 2 aromatic heterocycles. The Labute approximate surface area is 135 Å². The molecule has 0 unspecified atom stereocenters. The van der Waals surface area contributed by atoms with Gasteiger partial charge in [-0.15, -0.1) is 21.5 Å². The van der Waals surface area contributed by atoms with Crippen molar-refractivity contribution in [3.8, 4) is 10.8 Å². The minimum atomic E-state index is -0.127. The van der Waals surface area contributed by atoms with E-state index in [2.05, 4.69) is 15.5 Å². The van der Waals surface area contributed by atoms with Crippen molar-refractivity contribution in [1.29, 1.82) is 0 Å². The van der Waals surface area contributed by atoms with Crippen LogP contribution in [0.4, 0.5) is 5.69 Å². The molecule has 22 heavy (non-hydrogen) atoms. The molecule has 0 saturated heterocycles. The fourth-order valence-electron chi connectivity index (χ4n) is 1.86. The van der Waals surface area contributed by atoms with E-state index in [-0.39, 0.29) is 12.3 Å². The highest BCUT2D eigenvalue weighted by molar-refractivity contribution is 7.13. The Hall–Kier alpha value is -2.18. The van der Waals surface area contributed by atoms with E-state index in [1.54, 1.807) is 24.3 Å². The largest absolute Gasteiger partial charge is 0.420 e. The number of thiophene rings is 1. The van der Waals surface area contributed by atoms with Crippen LogP contribution in [0.5, 0.6) is 0 Å². The zero-order valence-electron chi connectivity index (χ0n) is 11.5. The van der Waals surface area contributed by atoms with E-state index in [4.69, 9.17) is 16.0 Å². The first-order valence-electron chi connectivity index (χ1n) is 6.62. The van der Waals surface area contributed by atoms with Crippen LogP contribution in [0.2, 0.25) is 5.02 Å². The summed E-state index contributed by atoms with van der Waals surface area (Å²) in [6, 6.07) is 10.8. The molecule has 0 aliphatic heterocycles. The predicted molar refractivity (Wildman–Crippen MR) is 86.0 cm³/mol. The summed E-state index contributed by atoms with van der Waals surface area (Å²) in [4.78, 5) is 12.8. The van der Waals surface area contributed by atoms with Crippen molar-refractivity contribution < 1.29 is 9.21 Å². The highest BCUT2D eigenvalue weighted by Crippen LogP contribution is 2.23. The Morgan fingerprint density at radius 3 is 2.95 bits per heavy atom. The highest BCUT2D eigenvalue weighted by atomic mass is 35.5. The van der Waals surface area contributed by atoms with Gasteiger partial charge in [0, 0.05) is 23.6 Å². The van der Waals surface area contributed by atoms with Crippen LogP contribution in [0.3, 0.4) is 0 Å². The van der Waals surface area contributed by atoms with Crippen LogP contribution in [-0.4, -0.2) is 16.1 Å². The topological polar surface area (TPSA) is 68.0 Å². The van der Waals surface area contributed by atoms with Crippen molar-refractivity contribution >= 4 is 34.5 Å². The SMILES string of the molecule is O=C(CCc1nnc(-c2cccs2)o1)Nc1cccc(Cl)c1. The number of amides is 1. The molecular weight excluding hydrogens is 322 g/mol. The predicted octanol–water partition coefficient (Wildman–Crippen LogP) is 4.02. The quantitative estimate of drug-likeness (QED) is 0.765. The lowest BCUT2D eigenvalue weighted by Crippen LogP contribution is -2.12. The summed E-state index contributed by atoms with van der Waals surface area (Å²) in [7, 11) is 0. The fraction of sp³-hybridized carbons (Fsp3) is 0.133. The summed E-state index contributed by atoms with van der Waals surface area (Å²) in [6.45, 7) is 0. The summed E-state index contributed by atoms with van der Waals surface area (Å²) in [5.74, 6) is 0.808. The molecule has 1 aromatic carbocycles. The number of hydrogen-bond donors (Lipinski definition) is 1. The number of rotatable bonds is 5. The van der Waals surface area contributed by atoms with E-state index in [1.807, 2.05) is 17.5 Å². The van der Waals surface area contributed by atoms with Crippen LogP contribution >= 0.6 is 22.9 Å². The molecule has 3 rings (SSSR count). The normalized spacial score (nSPS) is 10.6. The lowest BCUT2D eigenvalue weighted by Gasteiger charge is -2.04. The summed E-state index contributed by atoms with van der Waals surface area (Å²) in [5.41, 5.74) is 0.669. The van der Waals surface area contributed by atoms with E-state index < -0.39 is 0 Å².